The summed E-state index contributed by atoms with van der Waals surface area (Å²) in [6, 6.07) is 12.5. The summed E-state index contributed by atoms with van der Waals surface area (Å²) < 4.78 is 32.5. The number of nitrogens with zero attached hydrogens (tertiary/aromatic N) is 1. The number of fused-ring (bicyclic) bond motifs is 1. The van der Waals surface area contributed by atoms with E-state index in [1.165, 1.54) is 35.4 Å². The Bertz CT molecular complexity index is 1100. The monoisotopic (exact) mass is 408 g/mol. The van der Waals surface area contributed by atoms with Crippen LogP contribution in [0, 0.1) is 11.6 Å². The smallest absolute Gasteiger partial charge is 0.248 e. The normalized spacial score (nSPS) is 14.5. The fourth-order valence-electron chi connectivity index (χ4n) is 3.62. The molecule has 1 aromatic heterocycles. The molecule has 0 bridgehead atoms. The zero-order valence-electron chi connectivity index (χ0n) is 16.6. The van der Waals surface area contributed by atoms with Gasteiger partial charge in [0.2, 0.25) is 5.91 Å². The lowest BCUT2D eigenvalue weighted by molar-refractivity contribution is -0.111. The highest BCUT2D eigenvalue weighted by atomic mass is 19.1. The van der Waals surface area contributed by atoms with Gasteiger partial charge in [-0.05, 0) is 80.0 Å². The van der Waals surface area contributed by atoms with Crippen LogP contribution < -0.4 is 5.32 Å². The first-order valence-corrected chi connectivity index (χ1v) is 9.82. The average molecular weight is 408 g/mol. The maximum atomic E-state index is 13.9. The van der Waals surface area contributed by atoms with Gasteiger partial charge in [-0.3, -0.25) is 4.79 Å². The van der Waals surface area contributed by atoms with Gasteiger partial charge >= 0.3 is 0 Å². The van der Waals surface area contributed by atoms with Gasteiger partial charge in [0, 0.05) is 24.4 Å². The predicted octanol–water partition coefficient (Wildman–Crippen LogP) is 5.25. The van der Waals surface area contributed by atoms with Crippen LogP contribution in [0.1, 0.15) is 23.3 Å². The molecule has 2 aromatic carbocycles. The van der Waals surface area contributed by atoms with Crippen LogP contribution in [0.15, 0.2) is 59.0 Å². The zero-order chi connectivity index (χ0) is 21.1. The number of aryl methyl sites for hydroxylation is 1. The van der Waals surface area contributed by atoms with Crippen molar-refractivity contribution in [3.05, 3.63) is 83.1 Å². The van der Waals surface area contributed by atoms with Gasteiger partial charge in [0.05, 0.1) is 5.56 Å². The van der Waals surface area contributed by atoms with E-state index >= 15 is 0 Å². The quantitative estimate of drug-likeness (QED) is 0.600. The number of carbonyl (C=O) groups excluding carboxylic acids is 1. The molecule has 0 saturated heterocycles. The molecule has 0 fully saturated rings. The number of hydrogen-bond donors (Lipinski definition) is 1. The molecule has 154 valence electrons. The molecule has 1 amide bonds. The summed E-state index contributed by atoms with van der Waals surface area (Å²) in [6.07, 6.45) is 4.96. The van der Waals surface area contributed by atoms with Gasteiger partial charge in [0.25, 0.3) is 0 Å². The third-order valence-electron chi connectivity index (χ3n) is 5.12. The first kappa shape index (κ1) is 20.0. The highest BCUT2D eigenvalue weighted by Gasteiger charge is 2.13. The van der Waals surface area contributed by atoms with Crippen LogP contribution in [-0.4, -0.2) is 24.4 Å². The van der Waals surface area contributed by atoms with Crippen LogP contribution in [0.5, 0.6) is 0 Å². The van der Waals surface area contributed by atoms with Crippen molar-refractivity contribution >= 4 is 17.7 Å². The zero-order valence-corrected chi connectivity index (χ0v) is 16.6. The Labute approximate surface area is 173 Å². The second-order valence-corrected chi connectivity index (χ2v) is 7.47. The molecule has 1 aliphatic heterocycles. The van der Waals surface area contributed by atoms with Crippen molar-refractivity contribution in [1.29, 1.82) is 0 Å². The van der Waals surface area contributed by atoms with Gasteiger partial charge in [0.15, 0.2) is 0 Å². The molecule has 0 radical (unpaired) electrons. The summed E-state index contributed by atoms with van der Waals surface area (Å²) >= 11 is 0. The van der Waals surface area contributed by atoms with E-state index in [4.69, 9.17) is 4.42 Å². The number of amides is 1. The largest absolute Gasteiger partial charge is 0.457 e. The van der Waals surface area contributed by atoms with Crippen molar-refractivity contribution in [2.75, 3.05) is 18.9 Å². The Morgan fingerprint density at radius 2 is 1.97 bits per heavy atom. The second-order valence-electron chi connectivity index (χ2n) is 7.47. The molecule has 0 aliphatic carbocycles. The molecule has 6 heteroatoms. The molecular weight excluding hydrogens is 386 g/mol. The molecule has 4 nitrogen and oxygen atoms in total. The van der Waals surface area contributed by atoms with Crippen LogP contribution in [0.25, 0.3) is 17.4 Å². The molecule has 0 unspecified atom stereocenters. The molecule has 4 rings (SSSR count). The van der Waals surface area contributed by atoms with Crippen LogP contribution in [0.4, 0.5) is 14.5 Å². The number of furan rings is 1. The van der Waals surface area contributed by atoms with Crippen molar-refractivity contribution in [1.82, 2.24) is 4.90 Å². The van der Waals surface area contributed by atoms with Crippen LogP contribution in [0.3, 0.4) is 0 Å². The highest BCUT2D eigenvalue weighted by Crippen LogP contribution is 2.26. The fourth-order valence-corrected chi connectivity index (χ4v) is 3.62. The Kier molecular flexibility index (Phi) is 5.77. The minimum absolute atomic E-state index is 0.163. The number of nitrogens with one attached hydrogen (secondary N) is 1. The van der Waals surface area contributed by atoms with E-state index in [2.05, 4.69) is 23.3 Å². The summed E-state index contributed by atoms with van der Waals surface area (Å²) in [7, 11) is 2.11. The van der Waals surface area contributed by atoms with Gasteiger partial charge in [-0.1, -0.05) is 6.07 Å². The Morgan fingerprint density at radius 1 is 1.10 bits per heavy atom. The topological polar surface area (TPSA) is 45.5 Å². The van der Waals surface area contributed by atoms with Gasteiger partial charge in [-0.25, -0.2) is 8.78 Å². The van der Waals surface area contributed by atoms with E-state index in [0.717, 1.165) is 37.7 Å². The van der Waals surface area contributed by atoms with Crippen molar-refractivity contribution in [3.8, 4) is 11.3 Å². The minimum Gasteiger partial charge on any atom is -0.457 e. The number of rotatable bonds is 4. The van der Waals surface area contributed by atoms with Crippen LogP contribution in [0.2, 0.25) is 0 Å². The number of halogens is 2. The molecule has 0 atom stereocenters. The van der Waals surface area contributed by atoms with E-state index in [0.29, 0.717) is 5.76 Å². The molecule has 0 saturated carbocycles. The lowest BCUT2D eigenvalue weighted by Crippen LogP contribution is -2.17. The maximum Gasteiger partial charge on any atom is 0.248 e. The van der Waals surface area contributed by atoms with Crippen molar-refractivity contribution < 1.29 is 18.0 Å². The highest BCUT2D eigenvalue weighted by molar-refractivity contribution is 6.01. The molecule has 3 aromatic rings. The molecule has 30 heavy (non-hydrogen) atoms. The van der Waals surface area contributed by atoms with E-state index in [-0.39, 0.29) is 17.2 Å². The summed E-state index contributed by atoms with van der Waals surface area (Å²) in [5.41, 5.74) is 3.47. The Balaban J connectivity index is 1.42. The van der Waals surface area contributed by atoms with E-state index in [1.807, 2.05) is 12.1 Å². The number of hydrogen-bond acceptors (Lipinski definition) is 3. The molecular formula is C24H22F2N2O2. The first-order valence-electron chi connectivity index (χ1n) is 9.82. The van der Waals surface area contributed by atoms with Gasteiger partial charge in [-0.15, -0.1) is 0 Å². The summed E-state index contributed by atoms with van der Waals surface area (Å²) in [5.74, 6) is -0.972. The minimum atomic E-state index is -0.702. The summed E-state index contributed by atoms with van der Waals surface area (Å²) in [4.78, 5) is 14.6. The standard InChI is InChI=1S/C24H22F2N2O2/c1-28-12-2-3-16-13-19(6-4-17(16)15-28)27-24(29)11-8-20-7-10-23(30-20)21-9-5-18(25)14-22(21)26/h4-11,13-14H,2-3,12,15H2,1H3,(H,27,29). The summed E-state index contributed by atoms with van der Waals surface area (Å²) in [5, 5.41) is 2.87. The van der Waals surface area contributed by atoms with Gasteiger partial charge in [0.1, 0.15) is 23.2 Å². The van der Waals surface area contributed by atoms with Crippen molar-refractivity contribution in [3.63, 3.8) is 0 Å². The third-order valence-corrected chi connectivity index (χ3v) is 5.12. The Morgan fingerprint density at radius 3 is 2.80 bits per heavy atom. The van der Waals surface area contributed by atoms with Gasteiger partial charge < -0.3 is 14.6 Å². The lowest BCUT2D eigenvalue weighted by Gasteiger charge is -2.13. The fraction of sp³-hybridized carbons (Fsp3) is 0.208. The Hall–Kier alpha value is -3.25. The SMILES string of the molecule is CN1CCCc2cc(NC(=O)C=Cc3ccc(-c4ccc(F)cc4F)o3)ccc2C1. The molecule has 1 N–H and O–H groups in total. The van der Waals surface area contributed by atoms with E-state index in [1.54, 1.807) is 12.1 Å². The molecule has 2 heterocycles. The van der Waals surface area contributed by atoms with Crippen LogP contribution in [-0.2, 0) is 17.8 Å². The first-order chi connectivity index (χ1) is 14.5. The van der Waals surface area contributed by atoms with E-state index in [9.17, 15) is 13.6 Å². The summed E-state index contributed by atoms with van der Waals surface area (Å²) in [6.45, 7) is 1.98. The molecule has 1 aliphatic rings. The maximum absolute atomic E-state index is 13.9. The number of anilines is 1. The number of carbonyl (C=O) groups is 1. The van der Waals surface area contributed by atoms with Gasteiger partial charge in [-0.2, -0.15) is 0 Å². The molecule has 0 spiro atoms. The predicted molar refractivity (Wildman–Crippen MR) is 113 cm³/mol. The average Bonchev–Trinajstić information content (AvgIpc) is 3.08. The lowest BCUT2D eigenvalue weighted by atomic mass is 10.0. The van der Waals surface area contributed by atoms with Crippen LogP contribution >= 0.6 is 0 Å². The van der Waals surface area contributed by atoms with E-state index < -0.39 is 11.6 Å². The third kappa shape index (κ3) is 4.66. The van der Waals surface area contributed by atoms with Crippen molar-refractivity contribution in [2.45, 2.75) is 19.4 Å². The second kappa shape index (κ2) is 8.63. The van der Waals surface area contributed by atoms with Crippen molar-refractivity contribution in [2.24, 2.45) is 0 Å². The number of benzene rings is 2.